The molecule has 1 heterocycles. The maximum atomic E-state index is 11.7. The lowest BCUT2D eigenvalue weighted by molar-refractivity contribution is -0.125. The van der Waals surface area contributed by atoms with Gasteiger partial charge >= 0.3 is 0 Å². The van der Waals surface area contributed by atoms with Gasteiger partial charge in [-0.05, 0) is 48.7 Å². The number of hydrogen-bond donors (Lipinski definition) is 1. The van der Waals surface area contributed by atoms with E-state index in [1.807, 2.05) is 24.3 Å². The third-order valence-corrected chi connectivity index (χ3v) is 4.92. The standard InChI is InChI=1S/C21H23N3O/c1-23-21(25)18-10-12-24(13-11-18)15-16-6-8-17(9-7-16)20-5-3-2-4-19(20)14-22/h2-9,18H,10-13,15H2,1H3,(H,23,25). The van der Waals surface area contributed by atoms with Crippen LogP contribution in [0.2, 0.25) is 0 Å². The Morgan fingerprint density at radius 1 is 1.16 bits per heavy atom. The van der Waals surface area contributed by atoms with Gasteiger partial charge in [0, 0.05) is 19.5 Å². The Kier molecular flexibility index (Phi) is 5.47. The Balaban J connectivity index is 1.62. The molecular weight excluding hydrogens is 310 g/mol. The predicted molar refractivity (Wildman–Crippen MR) is 98.7 cm³/mol. The average molecular weight is 333 g/mol. The second-order valence-electron chi connectivity index (χ2n) is 6.52. The van der Waals surface area contributed by atoms with E-state index < -0.39 is 0 Å². The van der Waals surface area contributed by atoms with E-state index in [1.165, 1.54) is 5.56 Å². The van der Waals surface area contributed by atoms with E-state index in [1.54, 1.807) is 7.05 Å². The molecule has 2 aromatic rings. The van der Waals surface area contributed by atoms with Crippen LogP contribution in [0.25, 0.3) is 11.1 Å². The van der Waals surface area contributed by atoms with Gasteiger partial charge in [0.05, 0.1) is 11.6 Å². The monoisotopic (exact) mass is 333 g/mol. The van der Waals surface area contributed by atoms with Crippen molar-refractivity contribution in [3.8, 4) is 17.2 Å². The molecule has 4 heteroatoms. The second-order valence-corrected chi connectivity index (χ2v) is 6.52. The number of nitrogens with one attached hydrogen (secondary N) is 1. The van der Waals surface area contributed by atoms with E-state index in [9.17, 15) is 10.1 Å². The maximum absolute atomic E-state index is 11.7. The van der Waals surface area contributed by atoms with Crippen LogP contribution in [0, 0.1) is 17.2 Å². The molecule has 0 unspecified atom stereocenters. The fourth-order valence-corrected chi connectivity index (χ4v) is 3.44. The summed E-state index contributed by atoms with van der Waals surface area (Å²) in [5.41, 5.74) is 4.00. The molecule has 0 radical (unpaired) electrons. The molecule has 1 aliphatic heterocycles. The van der Waals surface area contributed by atoms with Crippen LogP contribution in [-0.4, -0.2) is 30.9 Å². The van der Waals surface area contributed by atoms with Crippen LogP contribution in [0.1, 0.15) is 24.0 Å². The van der Waals surface area contributed by atoms with Gasteiger partial charge in [-0.25, -0.2) is 0 Å². The van der Waals surface area contributed by atoms with Gasteiger partial charge in [0.1, 0.15) is 0 Å². The molecule has 1 amide bonds. The van der Waals surface area contributed by atoms with Crippen LogP contribution in [0.3, 0.4) is 0 Å². The van der Waals surface area contributed by atoms with Gasteiger partial charge in [-0.1, -0.05) is 42.5 Å². The smallest absolute Gasteiger partial charge is 0.222 e. The zero-order chi connectivity index (χ0) is 17.6. The SMILES string of the molecule is CNC(=O)C1CCN(Cc2ccc(-c3ccccc3C#N)cc2)CC1. The first-order chi connectivity index (χ1) is 12.2. The van der Waals surface area contributed by atoms with E-state index >= 15 is 0 Å². The van der Waals surface area contributed by atoms with Gasteiger partial charge in [0.25, 0.3) is 0 Å². The van der Waals surface area contributed by atoms with Gasteiger partial charge in [-0.2, -0.15) is 5.26 Å². The molecule has 0 aliphatic carbocycles. The van der Waals surface area contributed by atoms with Crippen molar-refractivity contribution < 1.29 is 4.79 Å². The number of likely N-dealkylation sites (tertiary alicyclic amines) is 1. The highest BCUT2D eigenvalue weighted by atomic mass is 16.1. The minimum atomic E-state index is 0.158. The van der Waals surface area contributed by atoms with Crippen molar-refractivity contribution in [2.24, 2.45) is 5.92 Å². The number of piperidine rings is 1. The van der Waals surface area contributed by atoms with E-state index in [4.69, 9.17) is 0 Å². The van der Waals surface area contributed by atoms with Crippen molar-refractivity contribution in [3.05, 3.63) is 59.7 Å². The molecule has 25 heavy (non-hydrogen) atoms. The predicted octanol–water partition coefficient (Wildman–Crippen LogP) is 3.18. The number of carbonyl (C=O) groups excluding carboxylic acids is 1. The van der Waals surface area contributed by atoms with Crippen molar-refractivity contribution in [2.75, 3.05) is 20.1 Å². The largest absolute Gasteiger partial charge is 0.359 e. The van der Waals surface area contributed by atoms with E-state index in [0.29, 0.717) is 5.56 Å². The molecule has 0 atom stereocenters. The molecule has 1 fully saturated rings. The highest BCUT2D eigenvalue weighted by molar-refractivity contribution is 5.78. The lowest BCUT2D eigenvalue weighted by Crippen LogP contribution is -2.39. The van der Waals surface area contributed by atoms with Crippen LogP contribution in [-0.2, 0) is 11.3 Å². The summed E-state index contributed by atoms with van der Waals surface area (Å²) in [5, 5.41) is 12.0. The van der Waals surface area contributed by atoms with Gasteiger partial charge in [0.15, 0.2) is 0 Å². The Labute approximate surface area is 149 Å². The van der Waals surface area contributed by atoms with Crippen LogP contribution in [0.15, 0.2) is 48.5 Å². The van der Waals surface area contributed by atoms with Crippen LogP contribution in [0.5, 0.6) is 0 Å². The van der Waals surface area contributed by atoms with Crippen molar-refractivity contribution in [1.29, 1.82) is 5.26 Å². The first-order valence-corrected chi connectivity index (χ1v) is 8.73. The third kappa shape index (κ3) is 4.07. The average Bonchev–Trinajstić information content (AvgIpc) is 2.68. The number of hydrogen-bond acceptors (Lipinski definition) is 3. The van der Waals surface area contributed by atoms with E-state index in [0.717, 1.165) is 43.6 Å². The Bertz CT molecular complexity index is 768. The summed E-state index contributed by atoms with van der Waals surface area (Å²) in [6, 6.07) is 18.4. The quantitative estimate of drug-likeness (QED) is 0.935. The number of nitrogens with zero attached hydrogens (tertiary/aromatic N) is 2. The van der Waals surface area contributed by atoms with Crippen molar-refractivity contribution in [1.82, 2.24) is 10.2 Å². The normalized spacial score (nSPS) is 15.5. The highest BCUT2D eigenvalue weighted by Gasteiger charge is 2.23. The van der Waals surface area contributed by atoms with Crippen LogP contribution in [0.4, 0.5) is 0 Å². The van der Waals surface area contributed by atoms with E-state index in [2.05, 4.69) is 40.6 Å². The Hall–Kier alpha value is -2.64. The molecule has 3 rings (SSSR count). The number of nitriles is 1. The van der Waals surface area contributed by atoms with Gasteiger partial charge < -0.3 is 5.32 Å². The fourth-order valence-electron chi connectivity index (χ4n) is 3.44. The summed E-state index contributed by atoms with van der Waals surface area (Å²) in [4.78, 5) is 14.1. The fraction of sp³-hybridized carbons (Fsp3) is 0.333. The first-order valence-electron chi connectivity index (χ1n) is 8.73. The molecule has 1 aliphatic rings. The molecule has 128 valence electrons. The summed E-state index contributed by atoms with van der Waals surface area (Å²) in [6.45, 7) is 2.81. The van der Waals surface area contributed by atoms with Crippen LogP contribution < -0.4 is 5.32 Å². The minimum Gasteiger partial charge on any atom is -0.359 e. The second kappa shape index (κ2) is 7.96. The maximum Gasteiger partial charge on any atom is 0.222 e. The molecule has 1 N–H and O–H groups in total. The summed E-state index contributed by atoms with van der Waals surface area (Å²) in [5.74, 6) is 0.325. The van der Waals surface area contributed by atoms with Crippen LogP contribution >= 0.6 is 0 Å². The zero-order valence-electron chi connectivity index (χ0n) is 14.5. The van der Waals surface area contributed by atoms with Crippen molar-refractivity contribution in [2.45, 2.75) is 19.4 Å². The first kappa shape index (κ1) is 17.2. The zero-order valence-corrected chi connectivity index (χ0v) is 14.5. The van der Waals surface area contributed by atoms with E-state index in [-0.39, 0.29) is 11.8 Å². The molecule has 0 spiro atoms. The lowest BCUT2D eigenvalue weighted by Gasteiger charge is -2.31. The van der Waals surface area contributed by atoms with Gasteiger partial charge in [0.2, 0.25) is 5.91 Å². The third-order valence-electron chi connectivity index (χ3n) is 4.92. The molecule has 1 saturated heterocycles. The number of rotatable bonds is 4. The summed E-state index contributed by atoms with van der Waals surface area (Å²) in [6.07, 6.45) is 1.85. The lowest BCUT2D eigenvalue weighted by atomic mass is 9.95. The Morgan fingerprint density at radius 2 is 1.84 bits per heavy atom. The summed E-state index contributed by atoms with van der Waals surface area (Å²) in [7, 11) is 1.71. The molecule has 0 aromatic heterocycles. The number of benzene rings is 2. The number of amides is 1. The van der Waals surface area contributed by atoms with Gasteiger partial charge in [-0.15, -0.1) is 0 Å². The molecule has 0 saturated carbocycles. The number of carbonyl (C=O) groups is 1. The molecule has 0 bridgehead atoms. The van der Waals surface area contributed by atoms with Crippen molar-refractivity contribution in [3.63, 3.8) is 0 Å². The topological polar surface area (TPSA) is 56.1 Å². The van der Waals surface area contributed by atoms with Gasteiger partial charge in [-0.3, -0.25) is 9.69 Å². The Morgan fingerprint density at radius 3 is 2.48 bits per heavy atom. The minimum absolute atomic E-state index is 0.158. The molecular formula is C21H23N3O. The molecule has 2 aromatic carbocycles. The highest BCUT2D eigenvalue weighted by Crippen LogP contribution is 2.24. The summed E-state index contributed by atoms with van der Waals surface area (Å²) < 4.78 is 0. The van der Waals surface area contributed by atoms with Crippen molar-refractivity contribution >= 4 is 5.91 Å². The summed E-state index contributed by atoms with van der Waals surface area (Å²) >= 11 is 0. The molecule has 4 nitrogen and oxygen atoms in total.